The normalized spacial score (nSPS) is 16.9. The molecule has 3 aromatic rings. The van der Waals surface area contributed by atoms with Crippen molar-refractivity contribution in [1.29, 1.82) is 0 Å². The molecular formula is C23H24FN5O4S. The van der Waals surface area contributed by atoms with Crippen molar-refractivity contribution < 1.29 is 21.8 Å². The summed E-state index contributed by atoms with van der Waals surface area (Å²) in [6, 6.07) is 8.38. The zero-order valence-electron chi connectivity index (χ0n) is 18.7. The number of nitrogens with zero attached hydrogens (tertiary/aromatic N) is 4. The van der Waals surface area contributed by atoms with E-state index in [1.165, 1.54) is 12.1 Å². The van der Waals surface area contributed by atoms with E-state index in [0.717, 1.165) is 34.2 Å². The average Bonchev–Trinajstić information content (AvgIpc) is 2.78. The molecule has 178 valence electrons. The standard InChI is InChI=1S/C23H24FN5O4S/c1-14-22-20(28-23(25)27-14)10-16(11-21(22)29-32-8-9-33-34(2,30)31)18-6-5-17(24)12-19(18)15-4-3-7-26-13-15/h3-7,12-13,16H,8-11H2,1-2H3,(H2,25,27,28)/b29-21+/t16-/m1/s1. The smallest absolute Gasteiger partial charge is 0.264 e. The first-order chi connectivity index (χ1) is 16.2. The Morgan fingerprint density at radius 2 is 2.03 bits per heavy atom. The predicted octanol–water partition coefficient (Wildman–Crippen LogP) is 3.00. The number of nitrogen functional groups attached to an aromatic ring is 1. The molecule has 9 nitrogen and oxygen atoms in total. The number of fused-ring (bicyclic) bond motifs is 1. The number of nitrogens with two attached hydrogens (primary N) is 1. The lowest BCUT2D eigenvalue weighted by Crippen LogP contribution is -2.24. The van der Waals surface area contributed by atoms with Gasteiger partial charge in [0.15, 0.2) is 0 Å². The molecule has 2 N–H and O–H groups in total. The molecule has 11 heteroatoms. The first-order valence-electron chi connectivity index (χ1n) is 10.6. The molecule has 0 fully saturated rings. The van der Waals surface area contributed by atoms with Crippen LogP contribution < -0.4 is 5.73 Å². The SMILES string of the molecule is Cc1nc(N)nc2c1/C(=N/OCCOS(C)(=O)=O)C[C@H](c1ccc(F)cc1-c1cccnc1)C2. The zero-order valence-corrected chi connectivity index (χ0v) is 19.5. The first kappa shape index (κ1) is 23.7. The van der Waals surface area contributed by atoms with Gasteiger partial charge in [0.25, 0.3) is 10.1 Å². The van der Waals surface area contributed by atoms with E-state index in [2.05, 4.69) is 24.3 Å². The van der Waals surface area contributed by atoms with Crippen molar-refractivity contribution in [2.24, 2.45) is 5.16 Å². The van der Waals surface area contributed by atoms with Gasteiger partial charge in [-0.15, -0.1) is 0 Å². The van der Waals surface area contributed by atoms with Gasteiger partial charge in [-0.25, -0.2) is 14.4 Å². The molecule has 0 amide bonds. The van der Waals surface area contributed by atoms with Gasteiger partial charge >= 0.3 is 0 Å². The van der Waals surface area contributed by atoms with Crippen LogP contribution in [0.25, 0.3) is 11.1 Å². The van der Waals surface area contributed by atoms with E-state index in [9.17, 15) is 12.8 Å². The summed E-state index contributed by atoms with van der Waals surface area (Å²) < 4.78 is 41.1. The summed E-state index contributed by atoms with van der Waals surface area (Å²) in [5.41, 5.74) is 11.1. The van der Waals surface area contributed by atoms with Crippen molar-refractivity contribution in [3.8, 4) is 11.1 Å². The van der Waals surface area contributed by atoms with Crippen LogP contribution >= 0.6 is 0 Å². The van der Waals surface area contributed by atoms with E-state index in [4.69, 9.17) is 10.6 Å². The second-order valence-corrected chi connectivity index (χ2v) is 9.61. The second-order valence-electron chi connectivity index (χ2n) is 7.96. The van der Waals surface area contributed by atoms with Crippen LogP contribution in [0.15, 0.2) is 47.9 Å². The fraction of sp³-hybridized carbons (Fsp3) is 0.304. The molecule has 0 saturated carbocycles. The van der Waals surface area contributed by atoms with E-state index in [1.807, 2.05) is 13.0 Å². The van der Waals surface area contributed by atoms with Crippen molar-refractivity contribution in [1.82, 2.24) is 15.0 Å². The highest BCUT2D eigenvalue weighted by Gasteiger charge is 2.30. The fourth-order valence-corrected chi connectivity index (χ4v) is 4.50. The van der Waals surface area contributed by atoms with E-state index < -0.39 is 10.1 Å². The molecule has 1 aliphatic rings. The fourth-order valence-electron chi connectivity index (χ4n) is 4.13. The number of benzene rings is 1. The van der Waals surface area contributed by atoms with Gasteiger partial charge in [0, 0.05) is 29.9 Å². The summed E-state index contributed by atoms with van der Waals surface area (Å²) in [5, 5.41) is 4.26. The molecule has 2 aromatic heterocycles. The Labute approximate surface area is 197 Å². The van der Waals surface area contributed by atoms with Gasteiger partial charge < -0.3 is 10.6 Å². The lowest BCUT2D eigenvalue weighted by molar-refractivity contribution is 0.109. The van der Waals surface area contributed by atoms with Crippen molar-refractivity contribution in [2.75, 3.05) is 25.2 Å². The van der Waals surface area contributed by atoms with Crippen LogP contribution in [0.5, 0.6) is 0 Å². The summed E-state index contributed by atoms with van der Waals surface area (Å²) in [6.07, 6.45) is 5.36. The van der Waals surface area contributed by atoms with Crippen LogP contribution in [0.4, 0.5) is 10.3 Å². The van der Waals surface area contributed by atoms with Gasteiger partial charge in [-0.1, -0.05) is 17.3 Å². The predicted molar refractivity (Wildman–Crippen MR) is 125 cm³/mol. The Hall–Kier alpha value is -3.44. The Morgan fingerprint density at radius 3 is 2.76 bits per heavy atom. The number of halogens is 1. The first-order valence-corrected chi connectivity index (χ1v) is 12.4. The highest BCUT2D eigenvalue weighted by atomic mass is 32.2. The van der Waals surface area contributed by atoms with Crippen molar-refractivity contribution in [3.05, 3.63) is 71.1 Å². The number of aryl methyl sites for hydroxylation is 1. The highest BCUT2D eigenvalue weighted by molar-refractivity contribution is 7.85. The number of rotatable bonds is 7. The lowest BCUT2D eigenvalue weighted by Gasteiger charge is -2.28. The molecule has 0 saturated heterocycles. The molecule has 0 bridgehead atoms. The van der Waals surface area contributed by atoms with Crippen LogP contribution in [0, 0.1) is 12.7 Å². The van der Waals surface area contributed by atoms with E-state index in [0.29, 0.717) is 24.2 Å². The lowest BCUT2D eigenvalue weighted by atomic mass is 9.78. The van der Waals surface area contributed by atoms with Gasteiger partial charge in [0.2, 0.25) is 5.95 Å². The molecule has 1 atom stereocenters. The molecule has 1 aromatic carbocycles. The minimum atomic E-state index is -3.57. The molecular weight excluding hydrogens is 461 g/mol. The number of anilines is 1. The average molecular weight is 486 g/mol. The molecule has 4 rings (SSSR count). The number of hydrogen-bond acceptors (Lipinski definition) is 9. The minimum absolute atomic E-state index is 0.0526. The van der Waals surface area contributed by atoms with Crippen LogP contribution in [0.2, 0.25) is 0 Å². The number of hydrogen-bond donors (Lipinski definition) is 1. The third-order valence-electron chi connectivity index (χ3n) is 5.42. The Kier molecular flexibility index (Phi) is 6.85. The summed E-state index contributed by atoms with van der Waals surface area (Å²) in [4.78, 5) is 18.2. The Balaban J connectivity index is 1.69. The number of pyridine rings is 1. The topological polar surface area (TPSA) is 130 Å². The van der Waals surface area contributed by atoms with Gasteiger partial charge in [-0.05, 0) is 48.6 Å². The van der Waals surface area contributed by atoms with Crippen LogP contribution in [0.3, 0.4) is 0 Å². The molecule has 2 heterocycles. The molecule has 0 radical (unpaired) electrons. The van der Waals surface area contributed by atoms with E-state index >= 15 is 0 Å². The maximum absolute atomic E-state index is 14.2. The van der Waals surface area contributed by atoms with Crippen molar-refractivity contribution >= 4 is 21.8 Å². The zero-order chi connectivity index (χ0) is 24.3. The largest absolute Gasteiger partial charge is 0.393 e. The second kappa shape index (κ2) is 9.82. The van der Waals surface area contributed by atoms with Gasteiger partial charge in [-0.3, -0.25) is 9.17 Å². The molecule has 1 aliphatic carbocycles. The van der Waals surface area contributed by atoms with Gasteiger partial charge in [0.1, 0.15) is 19.0 Å². The van der Waals surface area contributed by atoms with Gasteiger partial charge in [0.05, 0.1) is 23.4 Å². The maximum atomic E-state index is 14.2. The van der Waals surface area contributed by atoms with Crippen molar-refractivity contribution in [2.45, 2.75) is 25.7 Å². The Bertz CT molecular complexity index is 1330. The maximum Gasteiger partial charge on any atom is 0.264 e. The summed E-state index contributed by atoms with van der Waals surface area (Å²) in [6.45, 7) is 1.60. The molecule has 0 aliphatic heterocycles. The molecule has 0 unspecified atom stereocenters. The monoisotopic (exact) mass is 485 g/mol. The summed E-state index contributed by atoms with van der Waals surface area (Å²) in [7, 11) is -3.57. The van der Waals surface area contributed by atoms with Crippen molar-refractivity contribution in [3.63, 3.8) is 0 Å². The Morgan fingerprint density at radius 1 is 1.21 bits per heavy atom. The molecule has 0 spiro atoms. The van der Waals surface area contributed by atoms with E-state index in [1.54, 1.807) is 24.5 Å². The molecule has 34 heavy (non-hydrogen) atoms. The minimum Gasteiger partial charge on any atom is -0.393 e. The summed E-state index contributed by atoms with van der Waals surface area (Å²) >= 11 is 0. The number of oxime groups is 1. The quantitative estimate of drug-likeness (QED) is 0.307. The van der Waals surface area contributed by atoms with Gasteiger partial charge in [-0.2, -0.15) is 8.42 Å². The third kappa shape index (κ3) is 5.54. The van der Waals surface area contributed by atoms with Crippen LogP contribution in [-0.4, -0.2) is 48.6 Å². The highest BCUT2D eigenvalue weighted by Crippen LogP contribution is 2.38. The number of aromatic nitrogens is 3. The summed E-state index contributed by atoms with van der Waals surface area (Å²) in [5.74, 6) is -0.277. The third-order valence-corrected chi connectivity index (χ3v) is 6.02. The van der Waals surface area contributed by atoms with Crippen LogP contribution in [0.1, 0.15) is 34.9 Å². The van der Waals surface area contributed by atoms with Crippen LogP contribution in [-0.2, 0) is 25.6 Å². The van der Waals surface area contributed by atoms with E-state index in [-0.39, 0.29) is 30.9 Å².